The normalized spacial score (nSPS) is 10.1. The number of nitrogens with zero attached hydrogens (tertiary/aromatic N) is 2. The summed E-state index contributed by atoms with van der Waals surface area (Å²) >= 11 is 0. The Morgan fingerprint density at radius 3 is 2.43 bits per heavy atom. The van der Waals surface area contributed by atoms with Crippen molar-refractivity contribution in [2.75, 3.05) is 0 Å². The Morgan fingerprint density at radius 1 is 1.07 bits per heavy atom. The van der Waals surface area contributed by atoms with Gasteiger partial charge >= 0.3 is 0 Å². The molecule has 70 valence electrons. The van der Waals surface area contributed by atoms with E-state index in [-0.39, 0.29) is 0 Å². The first-order chi connectivity index (χ1) is 6.90. The molecule has 0 bridgehead atoms. The SMILES string of the molecule is CCc1ccc(-c2ccncn2)cc1. The van der Waals surface area contributed by atoms with E-state index < -0.39 is 0 Å². The van der Waals surface area contributed by atoms with E-state index in [4.69, 9.17) is 0 Å². The first-order valence-corrected chi connectivity index (χ1v) is 4.75. The number of aromatic nitrogens is 2. The molecule has 0 saturated carbocycles. The van der Waals surface area contributed by atoms with Crippen molar-refractivity contribution in [1.29, 1.82) is 0 Å². The summed E-state index contributed by atoms with van der Waals surface area (Å²) in [5.41, 5.74) is 3.47. The average Bonchev–Trinajstić information content (AvgIpc) is 2.30. The molecular formula is C12H12N2. The summed E-state index contributed by atoms with van der Waals surface area (Å²) < 4.78 is 0. The van der Waals surface area contributed by atoms with E-state index in [1.54, 1.807) is 12.5 Å². The fraction of sp³-hybridized carbons (Fsp3) is 0.167. The number of rotatable bonds is 2. The second-order valence-corrected chi connectivity index (χ2v) is 3.15. The van der Waals surface area contributed by atoms with Crippen molar-refractivity contribution in [2.24, 2.45) is 0 Å². The third-order valence-electron chi connectivity index (χ3n) is 2.24. The molecule has 0 radical (unpaired) electrons. The van der Waals surface area contributed by atoms with Gasteiger partial charge in [-0.1, -0.05) is 31.2 Å². The Balaban J connectivity index is 2.34. The lowest BCUT2D eigenvalue weighted by molar-refractivity contribution is 1.14. The van der Waals surface area contributed by atoms with Crippen LogP contribution in [0.4, 0.5) is 0 Å². The van der Waals surface area contributed by atoms with Crippen molar-refractivity contribution in [3.8, 4) is 11.3 Å². The van der Waals surface area contributed by atoms with Gasteiger partial charge in [0.2, 0.25) is 0 Å². The molecule has 1 heterocycles. The number of benzene rings is 1. The summed E-state index contributed by atoms with van der Waals surface area (Å²) in [6.45, 7) is 2.15. The second-order valence-electron chi connectivity index (χ2n) is 3.15. The molecule has 0 aliphatic heterocycles. The van der Waals surface area contributed by atoms with Gasteiger partial charge in [-0.3, -0.25) is 0 Å². The minimum Gasteiger partial charge on any atom is -0.245 e. The standard InChI is InChI=1S/C12H12N2/c1-2-10-3-5-11(6-4-10)12-7-8-13-9-14-12/h3-9H,2H2,1H3. The van der Waals surface area contributed by atoms with Crippen molar-refractivity contribution >= 4 is 0 Å². The van der Waals surface area contributed by atoms with Crippen LogP contribution in [0.1, 0.15) is 12.5 Å². The lowest BCUT2D eigenvalue weighted by Crippen LogP contribution is -1.85. The largest absolute Gasteiger partial charge is 0.245 e. The zero-order valence-electron chi connectivity index (χ0n) is 8.14. The molecule has 0 fully saturated rings. The summed E-state index contributed by atoms with van der Waals surface area (Å²) in [5.74, 6) is 0. The first kappa shape index (κ1) is 8.88. The van der Waals surface area contributed by atoms with Gasteiger partial charge in [0, 0.05) is 11.8 Å². The van der Waals surface area contributed by atoms with Gasteiger partial charge in [-0.25, -0.2) is 9.97 Å². The Labute approximate surface area is 83.7 Å². The van der Waals surface area contributed by atoms with Crippen LogP contribution in [-0.4, -0.2) is 9.97 Å². The number of hydrogen-bond acceptors (Lipinski definition) is 2. The minimum atomic E-state index is 0.975. The molecular weight excluding hydrogens is 172 g/mol. The lowest BCUT2D eigenvalue weighted by Gasteiger charge is -2.00. The third-order valence-corrected chi connectivity index (χ3v) is 2.24. The molecule has 0 atom stereocenters. The molecule has 0 spiro atoms. The van der Waals surface area contributed by atoms with E-state index in [1.807, 2.05) is 6.07 Å². The summed E-state index contributed by atoms with van der Waals surface area (Å²) in [6.07, 6.45) is 4.41. The zero-order valence-corrected chi connectivity index (χ0v) is 8.14. The highest BCUT2D eigenvalue weighted by Crippen LogP contribution is 2.16. The second kappa shape index (κ2) is 4.01. The van der Waals surface area contributed by atoms with Crippen LogP contribution in [0.3, 0.4) is 0 Å². The van der Waals surface area contributed by atoms with Crippen molar-refractivity contribution in [3.63, 3.8) is 0 Å². The van der Waals surface area contributed by atoms with Gasteiger partial charge in [-0.05, 0) is 18.1 Å². The molecule has 0 amide bonds. The van der Waals surface area contributed by atoms with Crippen LogP contribution in [0.25, 0.3) is 11.3 Å². The molecule has 2 nitrogen and oxygen atoms in total. The minimum absolute atomic E-state index is 0.975. The molecule has 2 aromatic rings. The van der Waals surface area contributed by atoms with E-state index in [2.05, 4.69) is 41.2 Å². The van der Waals surface area contributed by atoms with Crippen molar-refractivity contribution in [3.05, 3.63) is 48.4 Å². The maximum Gasteiger partial charge on any atom is 0.116 e. The molecule has 14 heavy (non-hydrogen) atoms. The molecule has 2 rings (SSSR count). The van der Waals surface area contributed by atoms with Crippen LogP contribution in [0.15, 0.2) is 42.9 Å². The quantitative estimate of drug-likeness (QED) is 0.717. The Kier molecular flexibility index (Phi) is 2.54. The smallest absolute Gasteiger partial charge is 0.116 e. The summed E-state index contributed by atoms with van der Waals surface area (Å²) in [5, 5.41) is 0. The molecule has 0 N–H and O–H groups in total. The van der Waals surface area contributed by atoms with Crippen molar-refractivity contribution < 1.29 is 0 Å². The summed E-state index contributed by atoms with van der Waals surface area (Å²) in [6, 6.07) is 10.4. The molecule has 0 unspecified atom stereocenters. The van der Waals surface area contributed by atoms with Gasteiger partial charge in [0.15, 0.2) is 0 Å². The molecule has 0 aliphatic rings. The van der Waals surface area contributed by atoms with Crippen LogP contribution < -0.4 is 0 Å². The van der Waals surface area contributed by atoms with Gasteiger partial charge in [-0.15, -0.1) is 0 Å². The fourth-order valence-corrected chi connectivity index (χ4v) is 1.37. The third kappa shape index (κ3) is 1.79. The Morgan fingerprint density at radius 2 is 1.86 bits per heavy atom. The predicted octanol–water partition coefficient (Wildman–Crippen LogP) is 2.71. The highest BCUT2D eigenvalue weighted by Gasteiger charge is 1.97. The fourth-order valence-electron chi connectivity index (χ4n) is 1.37. The van der Waals surface area contributed by atoms with Gasteiger partial charge in [0.25, 0.3) is 0 Å². The van der Waals surface area contributed by atoms with Crippen molar-refractivity contribution in [1.82, 2.24) is 9.97 Å². The molecule has 0 saturated heterocycles. The average molecular weight is 184 g/mol. The first-order valence-electron chi connectivity index (χ1n) is 4.75. The molecule has 1 aromatic carbocycles. The van der Waals surface area contributed by atoms with Crippen LogP contribution in [0.2, 0.25) is 0 Å². The lowest BCUT2D eigenvalue weighted by atomic mass is 10.1. The van der Waals surface area contributed by atoms with Crippen LogP contribution >= 0.6 is 0 Å². The monoisotopic (exact) mass is 184 g/mol. The predicted molar refractivity (Wildman–Crippen MR) is 56.8 cm³/mol. The van der Waals surface area contributed by atoms with E-state index in [0.717, 1.165) is 17.7 Å². The van der Waals surface area contributed by atoms with E-state index in [0.29, 0.717) is 0 Å². The van der Waals surface area contributed by atoms with Crippen LogP contribution in [0.5, 0.6) is 0 Å². The van der Waals surface area contributed by atoms with Gasteiger partial charge in [-0.2, -0.15) is 0 Å². The van der Waals surface area contributed by atoms with Crippen LogP contribution in [-0.2, 0) is 6.42 Å². The maximum atomic E-state index is 4.19. The maximum absolute atomic E-state index is 4.19. The topological polar surface area (TPSA) is 25.8 Å². The van der Waals surface area contributed by atoms with Crippen molar-refractivity contribution in [2.45, 2.75) is 13.3 Å². The summed E-state index contributed by atoms with van der Waals surface area (Å²) in [4.78, 5) is 8.09. The van der Waals surface area contributed by atoms with Gasteiger partial charge in [0.05, 0.1) is 5.69 Å². The number of aryl methyl sites for hydroxylation is 1. The van der Waals surface area contributed by atoms with E-state index in [9.17, 15) is 0 Å². The zero-order chi connectivity index (χ0) is 9.80. The molecule has 1 aromatic heterocycles. The highest BCUT2D eigenvalue weighted by atomic mass is 14.8. The Bertz CT molecular complexity index is 392. The van der Waals surface area contributed by atoms with Gasteiger partial charge in [0.1, 0.15) is 6.33 Å². The molecule has 0 aliphatic carbocycles. The molecule has 2 heteroatoms. The van der Waals surface area contributed by atoms with E-state index in [1.165, 1.54) is 5.56 Å². The van der Waals surface area contributed by atoms with Gasteiger partial charge < -0.3 is 0 Å². The Hall–Kier alpha value is -1.70. The summed E-state index contributed by atoms with van der Waals surface area (Å²) in [7, 11) is 0. The highest BCUT2D eigenvalue weighted by molar-refractivity contribution is 5.58. The van der Waals surface area contributed by atoms with E-state index >= 15 is 0 Å². The van der Waals surface area contributed by atoms with Crippen LogP contribution in [0, 0.1) is 0 Å². The number of hydrogen-bond donors (Lipinski definition) is 0.